The number of aromatic nitrogens is 3. The number of hydrogen-bond donors (Lipinski definition) is 1. The molecule has 9 heteroatoms. The topological polar surface area (TPSA) is 81.5 Å². The number of carbonyl (C=O) groups excluding carboxylic acids is 1. The van der Waals surface area contributed by atoms with Crippen LogP contribution < -0.4 is 15.0 Å². The van der Waals surface area contributed by atoms with Gasteiger partial charge in [-0.1, -0.05) is 23.9 Å². The van der Waals surface area contributed by atoms with Gasteiger partial charge in [0.2, 0.25) is 11.9 Å². The molecule has 0 saturated carbocycles. The first-order valence-corrected chi connectivity index (χ1v) is 10.5. The Balaban J connectivity index is 1.42. The quantitative estimate of drug-likeness (QED) is 0.503. The lowest BCUT2D eigenvalue weighted by Crippen LogP contribution is -2.38. The molecule has 1 aliphatic heterocycles. The molecule has 3 rings (SSSR count). The van der Waals surface area contributed by atoms with Gasteiger partial charge in [-0.15, -0.1) is 10.2 Å². The minimum Gasteiger partial charge on any atom is -0.492 e. The maximum Gasteiger partial charge on any atom is 0.230 e. The van der Waals surface area contributed by atoms with Crippen molar-refractivity contribution < 1.29 is 14.3 Å². The molecule has 0 radical (unpaired) electrons. The van der Waals surface area contributed by atoms with Crippen LogP contribution in [0.15, 0.2) is 29.4 Å². The summed E-state index contributed by atoms with van der Waals surface area (Å²) in [4.78, 5) is 14.3. The van der Waals surface area contributed by atoms with E-state index < -0.39 is 0 Å². The second-order valence-electron chi connectivity index (χ2n) is 6.43. The lowest BCUT2D eigenvalue weighted by Gasteiger charge is -2.27. The number of nitrogens with zero attached hydrogens (tertiary/aromatic N) is 4. The average molecular weight is 406 g/mol. The van der Waals surface area contributed by atoms with Gasteiger partial charge in [0.15, 0.2) is 5.16 Å². The molecule has 1 aromatic carbocycles. The highest BCUT2D eigenvalue weighted by molar-refractivity contribution is 7.99. The fourth-order valence-corrected chi connectivity index (χ4v) is 3.73. The summed E-state index contributed by atoms with van der Waals surface area (Å²) in [5.74, 6) is 1.91. The lowest BCUT2D eigenvalue weighted by molar-refractivity contribution is -0.118. The van der Waals surface area contributed by atoms with E-state index >= 15 is 0 Å². The Morgan fingerprint density at radius 1 is 1.32 bits per heavy atom. The van der Waals surface area contributed by atoms with Crippen LogP contribution in [-0.2, 0) is 16.1 Å². The van der Waals surface area contributed by atoms with Gasteiger partial charge in [0.1, 0.15) is 12.4 Å². The molecule has 152 valence electrons. The summed E-state index contributed by atoms with van der Waals surface area (Å²) >= 11 is 1.40. The number of nitrogens with one attached hydrogen (secondary N) is 1. The Kier molecular flexibility index (Phi) is 7.55. The summed E-state index contributed by atoms with van der Waals surface area (Å²) in [5, 5.41) is 12.2. The molecule has 8 nitrogen and oxygen atoms in total. The SMILES string of the molecule is CCn1c(SCC(=O)NCCOc2cccc(C)c2)nnc1N1CCOCC1. The summed E-state index contributed by atoms with van der Waals surface area (Å²) in [7, 11) is 0. The summed E-state index contributed by atoms with van der Waals surface area (Å²) in [5.41, 5.74) is 1.15. The normalized spacial score (nSPS) is 14.1. The van der Waals surface area contributed by atoms with Crippen LogP contribution in [0.1, 0.15) is 12.5 Å². The van der Waals surface area contributed by atoms with Gasteiger partial charge in [-0.05, 0) is 31.5 Å². The third-order valence-corrected chi connectivity index (χ3v) is 5.29. The van der Waals surface area contributed by atoms with Crippen LogP contribution in [0.2, 0.25) is 0 Å². The highest BCUT2D eigenvalue weighted by atomic mass is 32.2. The number of amides is 1. The van der Waals surface area contributed by atoms with Gasteiger partial charge < -0.3 is 19.7 Å². The van der Waals surface area contributed by atoms with E-state index in [1.807, 2.05) is 35.8 Å². The minimum atomic E-state index is -0.0450. The first-order chi connectivity index (χ1) is 13.7. The molecule has 2 heterocycles. The van der Waals surface area contributed by atoms with E-state index in [4.69, 9.17) is 9.47 Å². The van der Waals surface area contributed by atoms with Crippen molar-refractivity contribution in [2.45, 2.75) is 25.5 Å². The van der Waals surface area contributed by atoms with Crippen molar-refractivity contribution in [3.8, 4) is 5.75 Å². The number of rotatable bonds is 9. The van der Waals surface area contributed by atoms with Crippen LogP contribution in [0.25, 0.3) is 0 Å². The predicted molar refractivity (Wildman–Crippen MR) is 109 cm³/mol. The number of carbonyl (C=O) groups is 1. The highest BCUT2D eigenvalue weighted by Crippen LogP contribution is 2.22. The second kappa shape index (κ2) is 10.3. The first kappa shape index (κ1) is 20.5. The van der Waals surface area contributed by atoms with Crippen LogP contribution in [0.4, 0.5) is 5.95 Å². The van der Waals surface area contributed by atoms with E-state index in [-0.39, 0.29) is 5.91 Å². The minimum absolute atomic E-state index is 0.0450. The molecule has 1 aliphatic rings. The molecule has 2 aromatic rings. The summed E-state index contributed by atoms with van der Waals surface area (Å²) in [6.07, 6.45) is 0. The fraction of sp³-hybridized carbons (Fsp3) is 0.526. The standard InChI is InChI=1S/C19H27N5O3S/c1-3-24-18(23-8-11-26-12-9-23)21-22-19(24)28-14-17(25)20-7-10-27-16-6-4-5-15(2)13-16/h4-6,13H,3,7-12,14H2,1-2H3,(H,20,25). The molecule has 1 fully saturated rings. The number of benzene rings is 1. The zero-order chi connectivity index (χ0) is 19.8. The third-order valence-electron chi connectivity index (χ3n) is 4.32. The van der Waals surface area contributed by atoms with Gasteiger partial charge in [0, 0.05) is 19.6 Å². The van der Waals surface area contributed by atoms with Crippen molar-refractivity contribution in [1.29, 1.82) is 0 Å². The van der Waals surface area contributed by atoms with Crippen molar-refractivity contribution in [3.63, 3.8) is 0 Å². The Hall–Kier alpha value is -2.26. The maximum atomic E-state index is 12.1. The second-order valence-corrected chi connectivity index (χ2v) is 7.37. The number of morpholine rings is 1. The molecule has 1 N–H and O–H groups in total. The van der Waals surface area contributed by atoms with Crippen molar-refractivity contribution in [2.24, 2.45) is 0 Å². The van der Waals surface area contributed by atoms with Gasteiger partial charge in [0.05, 0.1) is 25.5 Å². The van der Waals surface area contributed by atoms with E-state index in [0.29, 0.717) is 32.1 Å². The van der Waals surface area contributed by atoms with Gasteiger partial charge in [0.25, 0.3) is 0 Å². The van der Waals surface area contributed by atoms with Crippen LogP contribution in [0, 0.1) is 6.92 Å². The maximum absolute atomic E-state index is 12.1. The molecule has 1 amide bonds. The fourth-order valence-electron chi connectivity index (χ4n) is 2.91. The number of ether oxygens (including phenoxy) is 2. The molecule has 0 spiro atoms. The number of hydrogen-bond acceptors (Lipinski definition) is 7. The van der Waals surface area contributed by atoms with Crippen molar-refractivity contribution >= 4 is 23.6 Å². The van der Waals surface area contributed by atoms with Crippen molar-refractivity contribution in [1.82, 2.24) is 20.1 Å². The third kappa shape index (κ3) is 5.62. The van der Waals surface area contributed by atoms with Crippen LogP contribution >= 0.6 is 11.8 Å². The van der Waals surface area contributed by atoms with E-state index in [1.54, 1.807) is 0 Å². The van der Waals surface area contributed by atoms with Gasteiger partial charge in [-0.2, -0.15) is 0 Å². The number of thioether (sulfide) groups is 1. The first-order valence-electron chi connectivity index (χ1n) is 9.52. The lowest BCUT2D eigenvalue weighted by atomic mass is 10.2. The van der Waals surface area contributed by atoms with E-state index in [1.165, 1.54) is 11.8 Å². The highest BCUT2D eigenvalue weighted by Gasteiger charge is 2.20. The molecular formula is C19H27N5O3S. The molecule has 0 aliphatic carbocycles. The van der Waals surface area contributed by atoms with Crippen LogP contribution in [0.3, 0.4) is 0 Å². The van der Waals surface area contributed by atoms with Crippen molar-refractivity contribution in [3.05, 3.63) is 29.8 Å². The summed E-state index contributed by atoms with van der Waals surface area (Å²) in [6.45, 7) is 8.76. The number of anilines is 1. The smallest absolute Gasteiger partial charge is 0.230 e. The van der Waals surface area contributed by atoms with Gasteiger partial charge in [-0.25, -0.2) is 0 Å². The van der Waals surface area contributed by atoms with E-state index in [9.17, 15) is 4.79 Å². The van der Waals surface area contributed by atoms with Crippen LogP contribution in [0.5, 0.6) is 5.75 Å². The molecule has 1 saturated heterocycles. The Morgan fingerprint density at radius 2 is 2.14 bits per heavy atom. The summed E-state index contributed by atoms with van der Waals surface area (Å²) in [6, 6.07) is 7.86. The van der Waals surface area contributed by atoms with Gasteiger partial charge in [-0.3, -0.25) is 9.36 Å². The van der Waals surface area contributed by atoms with E-state index in [2.05, 4.69) is 27.3 Å². The molecule has 28 heavy (non-hydrogen) atoms. The zero-order valence-electron chi connectivity index (χ0n) is 16.4. The Bertz CT molecular complexity index is 777. The van der Waals surface area contributed by atoms with E-state index in [0.717, 1.165) is 42.1 Å². The summed E-state index contributed by atoms with van der Waals surface area (Å²) < 4.78 is 13.1. The Labute approximate surface area is 169 Å². The molecule has 1 aromatic heterocycles. The average Bonchev–Trinajstić information content (AvgIpc) is 3.13. The predicted octanol–water partition coefficient (Wildman–Crippen LogP) is 1.73. The molecule has 0 atom stereocenters. The Morgan fingerprint density at radius 3 is 2.89 bits per heavy atom. The molecular weight excluding hydrogens is 378 g/mol. The number of aryl methyl sites for hydroxylation is 1. The monoisotopic (exact) mass is 405 g/mol. The zero-order valence-corrected chi connectivity index (χ0v) is 17.2. The molecule has 0 bridgehead atoms. The largest absolute Gasteiger partial charge is 0.492 e. The van der Waals surface area contributed by atoms with Gasteiger partial charge >= 0.3 is 0 Å². The molecule has 0 unspecified atom stereocenters. The van der Waals surface area contributed by atoms with Crippen LogP contribution in [-0.4, -0.2) is 65.9 Å². The van der Waals surface area contributed by atoms with Crippen molar-refractivity contribution in [2.75, 3.05) is 50.1 Å².